The van der Waals surface area contributed by atoms with Crippen LogP contribution in [-0.4, -0.2) is 16.5 Å². The van der Waals surface area contributed by atoms with Gasteiger partial charge in [-0.15, -0.1) is 0 Å². The molecule has 0 spiro atoms. The molecule has 26 heavy (non-hydrogen) atoms. The molecule has 124 valence electrons. The summed E-state index contributed by atoms with van der Waals surface area (Å²) >= 11 is 0. The number of nitrogens with zero attached hydrogens (tertiary/aromatic N) is 1. The number of fused-ring (bicyclic) bond motifs is 2. The Morgan fingerprint density at radius 3 is 2.35 bits per heavy atom. The molecule has 4 aromatic rings. The molecule has 0 radical (unpaired) electrons. The van der Waals surface area contributed by atoms with Gasteiger partial charge in [0.15, 0.2) is 0 Å². The van der Waals surface area contributed by atoms with Gasteiger partial charge in [0.05, 0.1) is 5.69 Å². The fourth-order valence-electron chi connectivity index (χ4n) is 3.48. The normalized spacial score (nSPS) is 13.1. The second-order valence-electron chi connectivity index (χ2n) is 6.24. The third kappa shape index (κ3) is 2.12. The lowest BCUT2D eigenvalue weighted by Crippen LogP contribution is -2.12. The third-order valence-corrected chi connectivity index (χ3v) is 4.71. The van der Waals surface area contributed by atoms with Crippen molar-refractivity contribution in [1.82, 2.24) is 4.98 Å². The lowest BCUT2D eigenvalue weighted by Gasteiger charge is -2.08. The van der Waals surface area contributed by atoms with E-state index in [1.165, 1.54) is 12.1 Å². The fraction of sp³-hybridized carbons (Fsp3) is 0. The molecule has 0 amide bonds. The van der Waals surface area contributed by atoms with Crippen molar-refractivity contribution in [2.45, 2.75) is 0 Å². The molecule has 0 fully saturated rings. The van der Waals surface area contributed by atoms with Crippen molar-refractivity contribution < 1.29 is 9.18 Å². The van der Waals surface area contributed by atoms with Crippen LogP contribution in [0.5, 0.6) is 0 Å². The molecule has 1 aromatic heterocycles. The van der Waals surface area contributed by atoms with E-state index in [9.17, 15) is 9.18 Å². The summed E-state index contributed by atoms with van der Waals surface area (Å²) in [4.78, 5) is 20.6. The maximum absolute atomic E-state index is 13.8. The van der Waals surface area contributed by atoms with Gasteiger partial charge >= 0.3 is 0 Å². The van der Waals surface area contributed by atoms with E-state index >= 15 is 0 Å². The number of hydrogen-bond acceptors (Lipinski definition) is 2. The van der Waals surface area contributed by atoms with Gasteiger partial charge in [-0.25, -0.2) is 9.38 Å². The molecule has 3 aromatic carbocycles. The van der Waals surface area contributed by atoms with Crippen molar-refractivity contribution in [2.24, 2.45) is 4.99 Å². The Hall–Kier alpha value is -3.53. The van der Waals surface area contributed by atoms with Crippen LogP contribution in [0.1, 0.15) is 15.9 Å². The van der Waals surface area contributed by atoms with E-state index in [2.05, 4.69) is 9.98 Å². The smallest absolute Gasteiger partial charge is 0.214 e. The van der Waals surface area contributed by atoms with E-state index in [0.717, 1.165) is 27.6 Å². The zero-order valence-electron chi connectivity index (χ0n) is 13.7. The van der Waals surface area contributed by atoms with Crippen molar-refractivity contribution in [1.29, 1.82) is 0 Å². The average molecular weight is 340 g/mol. The minimum atomic E-state index is -0.294. The quantitative estimate of drug-likeness (QED) is 0.529. The number of nitrogens with one attached hydrogen (secondary N) is 1. The van der Waals surface area contributed by atoms with Crippen molar-refractivity contribution in [3.63, 3.8) is 0 Å². The molecule has 0 bridgehead atoms. The molecule has 0 aliphatic carbocycles. The molecule has 3 nitrogen and oxygen atoms in total. The number of Topliss-reactive ketones (excluding diaryl/α,β-unsaturated/α-hetero) is 1. The highest BCUT2D eigenvalue weighted by Gasteiger charge is 2.27. The molecular formula is C22H13FN2O. The van der Waals surface area contributed by atoms with Gasteiger partial charge in [0.2, 0.25) is 5.78 Å². The number of para-hydroxylation sites is 1. The van der Waals surface area contributed by atoms with Gasteiger partial charge in [-0.3, -0.25) is 4.79 Å². The first-order valence-corrected chi connectivity index (χ1v) is 8.31. The number of carbonyl (C=O) groups excluding carboxylic acids is 1. The van der Waals surface area contributed by atoms with E-state index < -0.39 is 0 Å². The van der Waals surface area contributed by atoms with Crippen LogP contribution in [0.4, 0.5) is 10.1 Å². The van der Waals surface area contributed by atoms with Crippen LogP contribution in [0.2, 0.25) is 0 Å². The van der Waals surface area contributed by atoms with Gasteiger partial charge in [-0.05, 0) is 35.9 Å². The summed E-state index contributed by atoms with van der Waals surface area (Å²) in [6.45, 7) is 0. The minimum absolute atomic E-state index is 0.0842. The molecule has 1 N–H and O–H groups in total. The van der Waals surface area contributed by atoms with Crippen LogP contribution in [0.15, 0.2) is 77.9 Å². The molecule has 1 aliphatic heterocycles. The van der Waals surface area contributed by atoms with Crippen LogP contribution in [0, 0.1) is 5.82 Å². The molecule has 0 saturated heterocycles. The summed E-state index contributed by atoms with van der Waals surface area (Å²) in [5.41, 5.74) is 5.02. The first-order valence-electron chi connectivity index (χ1n) is 8.31. The zero-order valence-corrected chi connectivity index (χ0v) is 13.7. The Morgan fingerprint density at radius 2 is 1.54 bits per heavy atom. The summed E-state index contributed by atoms with van der Waals surface area (Å²) < 4.78 is 13.8. The van der Waals surface area contributed by atoms with E-state index in [1.807, 2.05) is 48.7 Å². The minimum Gasteiger partial charge on any atom is -0.361 e. The molecule has 0 unspecified atom stereocenters. The molecule has 1 aliphatic rings. The molecule has 4 heteroatoms. The summed E-state index contributed by atoms with van der Waals surface area (Å²) in [7, 11) is 0. The number of carbonyl (C=O) groups is 1. The second-order valence-corrected chi connectivity index (χ2v) is 6.24. The van der Waals surface area contributed by atoms with E-state index in [0.29, 0.717) is 17.0 Å². The molecule has 0 atom stereocenters. The largest absolute Gasteiger partial charge is 0.361 e. The summed E-state index contributed by atoms with van der Waals surface area (Å²) in [5, 5.41) is 0.779. The van der Waals surface area contributed by atoms with Crippen LogP contribution in [-0.2, 0) is 0 Å². The Bertz CT molecular complexity index is 1220. The van der Waals surface area contributed by atoms with Crippen molar-refractivity contribution in [3.8, 4) is 11.1 Å². The summed E-state index contributed by atoms with van der Waals surface area (Å²) in [5.74, 6) is -0.378. The number of H-pyrrole nitrogens is 1. The van der Waals surface area contributed by atoms with Crippen LogP contribution < -0.4 is 0 Å². The van der Waals surface area contributed by atoms with E-state index in [1.54, 1.807) is 12.1 Å². The molecule has 5 rings (SSSR count). The van der Waals surface area contributed by atoms with Crippen LogP contribution >= 0.6 is 0 Å². The van der Waals surface area contributed by atoms with Gasteiger partial charge in [-0.2, -0.15) is 0 Å². The first-order chi connectivity index (χ1) is 12.7. The standard InChI is InChI=1S/C22H13FN2O/c23-13-9-10-19-17(11-13)18(12-24-19)14-5-1-2-6-15(14)21-22(26)16-7-3-4-8-20(16)25-21/h1-12,24H. The van der Waals surface area contributed by atoms with Gasteiger partial charge in [0, 0.05) is 33.8 Å². The van der Waals surface area contributed by atoms with Crippen LogP contribution in [0.25, 0.3) is 22.0 Å². The number of aromatic nitrogens is 1. The van der Waals surface area contributed by atoms with E-state index in [-0.39, 0.29) is 11.6 Å². The lowest BCUT2D eigenvalue weighted by atomic mass is 9.94. The van der Waals surface area contributed by atoms with Gasteiger partial charge in [0.25, 0.3) is 0 Å². The molecule has 2 heterocycles. The van der Waals surface area contributed by atoms with Crippen molar-refractivity contribution >= 4 is 28.1 Å². The van der Waals surface area contributed by atoms with Crippen molar-refractivity contribution in [3.05, 3.63) is 89.9 Å². The van der Waals surface area contributed by atoms with Gasteiger partial charge in [0.1, 0.15) is 11.5 Å². The highest BCUT2D eigenvalue weighted by molar-refractivity contribution is 6.55. The molecular weight excluding hydrogens is 327 g/mol. The maximum atomic E-state index is 13.8. The first kappa shape index (κ1) is 14.8. The third-order valence-electron chi connectivity index (χ3n) is 4.71. The van der Waals surface area contributed by atoms with Gasteiger partial charge < -0.3 is 4.98 Å². The molecule has 0 saturated carbocycles. The van der Waals surface area contributed by atoms with Crippen molar-refractivity contribution in [2.75, 3.05) is 0 Å². The number of halogens is 1. The number of aliphatic imine (C=N–C) groups is 1. The predicted molar refractivity (Wildman–Crippen MR) is 101 cm³/mol. The Kier molecular flexibility index (Phi) is 3.12. The second kappa shape index (κ2) is 5.49. The summed E-state index contributed by atoms with van der Waals surface area (Å²) in [6, 6.07) is 19.6. The predicted octanol–water partition coefficient (Wildman–Crippen LogP) is 5.29. The van der Waals surface area contributed by atoms with Crippen LogP contribution in [0.3, 0.4) is 0 Å². The SMILES string of the molecule is O=C1C(c2ccccc2-c2c[nH]c3ccc(F)cc23)=Nc2ccccc21. The Labute approximate surface area is 148 Å². The number of benzene rings is 3. The lowest BCUT2D eigenvalue weighted by molar-refractivity contribution is 0.107. The number of aromatic amines is 1. The maximum Gasteiger partial charge on any atom is 0.214 e. The Morgan fingerprint density at radius 1 is 0.808 bits per heavy atom. The fourth-order valence-corrected chi connectivity index (χ4v) is 3.48. The average Bonchev–Trinajstić information content (AvgIpc) is 3.23. The number of rotatable bonds is 2. The highest BCUT2D eigenvalue weighted by atomic mass is 19.1. The number of hydrogen-bond donors (Lipinski definition) is 1. The monoisotopic (exact) mass is 340 g/mol. The number of ketones is 1. The summed E-state index contributed by atoms with van der Waals surface area (Å²) in [6.07, 6.45) is 1.84. The highest BCUT2D eigenvalue weighted by Crippen LogP contribution is 2.35. The Balaban J connectivity index is 1.72. The van der Waals surface area contributed by atoms with Gasteiger partial charge in [-0.1, -0.05) is 36.4 Å². The van der Waals surface area contributed by atoms with E-state index in [4.69, 9.17) is 0 Å². The topological polar surface area (TPSA) is 45.2 Å². The zero-order chi connectivity index (χ0) is 17.7.